The molecule has 0 aliphatic rings. The minimum Gasteiger partial charge on any atom is -0.544 e. The highest BCUT2D eigenvalue weighted by Crippen LogP contribution is 2.34. The van der Waals surface area contributed by atoms with Crippen LogP contribution in [0.4, 0.5) is 0 Å². The van der Waals surface area contributed by atoms with E-state index in [4.69, 9.17) is 0 Å². The highest BCUT2D eigenvalue weighted by molar-refractivity contribution is 5.77. The zero-order chi connectivity index (χ0) is 30.2. The van der Waals surface area contributed by atoms with Crippen molar-refractivity contribution >= 4 is 17.9 Å². The minimum atomic E-state index is -1.34. The molecule has 7 heteroatoms. The number of rotatable bonds is 28. The van der Waals surface area contributed by atoms with Gasteiger partial charge in [-0.05, 0) is 51.4 Å². The van der Waals surface area contributed by atoms with Gasteiger partial charge >= 0.3 is 11.9 Å². The summed E-state index contributed by atoms with van der Waals surface area (Å²) in [6.45, 7) is 8.04. The molecule has 0 saturated heterocycles. The highest BCUT2D eigenvalue weighted by Gasteiger charge is 2.54. The quantitative estimate of drug-likeness (QED) is 0.0584. The average Bonchev–Trinajstić information content (AvgIpc) is 2.91. The van der Waals surface area contributed by atoms with Gasteiger partial charge in [-0.3, -0.25) is 4.48 Å². The highest BCUT2D eigenvalue weighted by atomic mass is 16.4. The van der Waals surface area contributed by atoms with Crippen LogP contribution in [-0.4, -0.2) is 57.3 Å². The first-order valence-electron chi connectivity index (χ1n) is 16.4. The summed E-state index contributed by atoms with van der Waals surface area (Å²) in [5.41, 5.74) is 0. The summed E-state index contributed by atoms with van der Waals surface area (Å²) >= 11 is 0. The SMILES string of the molecule is CCCCCCCC/C=C/CCCCCCCC[N+](C(CCC)C(=O)[O-])(C(CCC)C(=O)O)C(CCC)C(=O)O. The fourth-order valence-electron chi connectivity index (χ4n) is 6.27. The Balaban J connectivity index is 5.14. The van der Waals surface area contributed by atoms with Crippen LogP contribution in [0, 0.1) is 0 Å². The van der Waals surface area contributed by atoms with Crippen LogP contribution in [-0.2, 0) is 14.4 Å². The molecule has 7 nitrogen and oxygen atoms in total. The number of unbranched alkanes of at least 4 members (excludes halogenated alkanes) is 12. The number of nitrogens with zero attached hydrogens (tertiary/aromatic N) is 1. The maximum absolute atomic E-state index is 12.5. The van der Waals surface area contributed by atoms with Gasteiger partial charge in [0, 0.05) is 19.3 Å². The van der Waals surface area contributed by atoms with Crippen LogP contribution >= 0.6 is 0 Å². The summed E-state index contributed by atoms with van der Waals surface area (Å²) in [6, 6.07) is -3.33. The lowest BCUT2D eigenvalue weighted by Gasteiger charge is -2.52. The molecule has 0 aromatic carbocycles. The zero-order valence-corrected chi connectivity index (χ0v) is 26.2. The molecule has 0 bridgehead atoms. The maximum atomic E-state index is 12.5. The van der Waals surface area contributed by atoms with E-state index >= 15 is 0 Å². The Labute approximate surface area is 245 Å². The molecule has 0 aliphatic carbocycles. The van der Waals surface area contributed by atoms with Gasteiger partial charge in [0.05, 0.1) is 12.5 Å². The molecule has 2 N–H and O–H groups in total. The Morgan fingerprint density at radius 1 is 0.575 bits per heavy atom. The second-order valence-electron chi connectivity index (χ2n) is 11.6. The lowest BCUT2D eigenvalue weighted by atomic mass is 9.91. The van der Waals surface area contributed by atoms with Crippen molar-refractivity contribution in [1.29, 1.82) is 0 Å². The first-order chi connectivity index (χ1) is 19.2. The van der Waals surface area contributed by atoms with E-state index in [0.717, 1.165) is 38.5 Å². The van der Waals surface area contributed by atoms with Crippen LogP contribution in [0.3, 0.4) is 0 Å². The van der Waals surface area contributed by atoms with Crippen molar-refractivity contribution in [3.8, 4) is 0 Å². The van der Waals surface area contributed by atoms with Gasteiger partial charge in [-0.2, -0.15) is 0 Å². The van der Waals surface area contributed by atoms with Crippen LogP contribution in [0.2, 0.25) is 0 Å². The molecule has 0 amide bonds. The van der Waals surface area contributed by atoms with Crippen LogP contribution in [0.1, 0.15) is 156 Å². The van der Waals surface area contributed by atoms with Crippen molar-refractivity contribution in [2.75, 3.05) is 6.54 Å². The third kappa shape index (κ3) is 14.1. The van der Waals surface area contributed by atoms with Gasteiger partial charge in [0.2, 0.25) is 0 Å². The van der Waals surface area contributed by atoms with Crippen molar-refractivity contribution in [2.45, 2.75) is 174 Å². The number of aliphatic carboxylic acids is 3. The number of carboxylic acid groups (broad SMARTS) is 3. The normalized spacial score (nSPS) is 15.5. The summed E-state index contributed by atoms with van der Waals surface area (Å²) in [7, 11) is 0. The summed E-state index contributed by atoms with van der Waals surface area (Å²) in [4.78, 5) is 37.5. The fraction of sp³-hybridized carbons (Fsp3) is 0.848. The van der Waals surface area contributed by atoms with Gasteiger partial charge in [0.1, 0.15) is 6.04 Å². The number of hydrogen-bond acceptors (Lipinski definition) is 4. The average molecular weight is 568 g/mol. The minimum absolute atomic E-state index is 0.204. The molecule has 0 saturated carbocycles. The maximum Gasteiger partial charge on any atom is 0.362 e. The fourth-order valence-corrected chi connectivity index (χ4v) is 6.27. The van der Waals surface area contributed by atoms with Crippen LogP contribution < -0.4 is 5.11 Å². The van der Waals surface area contributed by atoms with Crippen LogP contribution in [0.5, 0.6) is 0 Å². The second kappa shape index (κ2) is 23.8. The molecule has 0 aromatic heterocycles. The van der Waals surface area contributed by atoms with Gasteiger partial charge < -0.3 is 20.1 Å². The Hall–Kier alpha value is -1.89. The van der Waals surface area contributed by atoms with Crippen molar-refractivity contribution in [2.24, 2.45) is 0 Å². The second-order valence-corrected chi connectivity index (χ2v) is 11.6. The molecular formula is C33H61NO6. The van der Waals surface area contributed by atoms with Crippen molar-refractivity contribution < 1.29 is 34.2 Å². The molecule has 0 fully saturated rings. The van der Waals surface area contributed by atoms with E-state index in [0.29, 0.717) is 25.7 Å². The molecule has 3 unspecified atom stereocenters. The summed E-state index contributed by atoms with van der Waals surface area (Å²) in [5.74, 6) is -3.57. The predicted octanol–water partition coefficient (Wildman–Crippen LogP) is 7.27. The molecule has 0 aliphatic heterocycles. The van der Waals surface area contributed by atoms with Crippen LogP contribution in [0.25, 0.3) is 0 Å². The van der Waals surface area contributed by atoms with E-state index < -0.39 is 40.5 Å². The monoisotopic (exact) mass is 567 g/mol. The number of allylic oxidation sites excluding steroid dienone is 2. The number of carboxylic acids is 3. The summed E-state index contributed by atoms with van der Waals surface area (Å²) < 4.78 is -0.439. The van der Waals surface area contributed by atoms with Gasteiger partial charge in [0.25, 0.3) is 0 Å². The Morgan fingerprint density at radius 2 is 0.950 bits per heavy atom. The van der Waals surface area contributed by atoms with Gasteiger partial charge in [-0.25, -0.2) is 9.59 Å². The molecular weight excluding hydrogens is 506 g/mol. The number of quaternary nitrogens is 1. The molecule has 0 aromatic rings. The zero-order valence-electron chi connectivity index (χ0n) is 26.2. The number of carbonyl (C=O) groups excluding carboxylic acids is 1. The number of hydrogen-bond donors (Lipinski definition) is 2. The van der Waals surface area contributed by atoms with E-state index in [1.54, 1.807) is 0 Å². The lowest BCUT2D eigenvalue weighted by molar-refractivity contribution is -0.975. The summed E-state index contributed by atoms with van der Waals surface area (Å²) in [5, 5.41) is 32.9. The number of carbonyl (C=O) groups is 3. The van der Waals surface area contributed by atoms with E-state index in [9.17, 15) is 29.7 Å². The molecule has 3 atom stereocenters. The Kier molecular flexibility index (Phi) is 22.7. The Morgan fingerprint density at radius 3 is 1.32 bits per heavy atom. The van der Waals surface area contributed by atoms with Crippen molar-refractivity contribution in [3.63, 3.8) is 0 Å². The van der Waals surface area contributed by atoms with E-state index in [-0.39, 0.29) is 25.8 Å². The Bertz CT molecular complexity index is 647. The van der Waals surface area contributed by atoms with E-state index in [1.807, 2.05) is 20.8 Å². The molecule has 0 heterocycles. The molecule has 234 valence electrons. The van der Waals surface area contributed by atoms with Gasteiger partial charge in [-0.1, -0.05) is 97.6 Å². The van der Waals surface area contributed by atoms with Crippen LogP contribution in [0.15, 0.2) is 12.2 Å². The smallest absolute Gasteiger partial charge is 0.362 e. The third-order valence-electron chi connectivity index (χ3n) is 8.33. The first kappa shape index (κ1) is 38.1. The molecule has 0 radical (unpaired) electrons. The van der Waals surface area contributed by atoms with Gasteiger partial charge in [-0.15, -0.1) is 0 Å². The lowest BCUT2D eigenvalue weighted by Crippen LogP contribution is -2.74. The standard InChI is InChI=1S/C33H61NO6/c1-5-9-10-11-12-13-14-15-16-17-18-19-20-21-22-23-27-34(28(24-6-2)31(35)36,29(25-7-3)32(37)38)30(26-8-4)33(39)40/h15-16,28-30H,5-14,17-27H2,1-4H3,(H2-,35,36,37,38,39,40)/b16-15+. The molecule has 0 spiro atoms. The van der Waals surface area contributed by atoms with E-state index in [1.165, 1.54) is 44.9 Å². The van der Waals surface area contributed by atoms with Crippen molar-refractivity contribution in [3.05, 3.63) is 12.2 Å². The third-order valence-corrected chi connectivity index (χ3v) is 8.33. The van der Waals surface area contributed by atoms with E-state index in [2.05, 4.69) is 19.1 Å². The predicted molar refractivity (Wildman–Crippen MR) is 161 cm³/mol. The topological polar surface area (TPSA) is 115 Å². The molecule has 40 heavy (non-hydrogen) atoms. The first-order valence-corrected chi connectivity index (χ1v) is 16.4. The molecule has 0 rings (SSSR count). The summed E-state index contributed by atoms with van der Waals surface area (Å²) in [6.07, 6.45) is 22.8. The van der Waals surface area contributed by atoms with Gasteiger partial charge in [0.15, 0.2) is 12.1 Å². The largest absolute Gasteiger partial charge is 0.544 e. The van der Waals surface area contributed by atoms with Crippen molar-refractivity contribution in [1.82, 2.24) is 0 Å².